The van der Waals surface area contributed by atoms with Gasteiger partial charge < -0.3 is 9.84 Å². The molecule has 0 aromatic heterocycles. The van der Waals surface area contributed by atoms with Crippen molar-refractivity contribution in [2.75, 3.05) is 11.5 Å². The lowest BCUT2D eigenvalue weighted by Crippen LogP contribution is -2.37. The molecular weight excluding hydrogens is 344 g/mol. The van der Waals surface area contributed by atoms with Crippen molar-refractivity contribution < 1.29 is 19.4 Å². The van der Waals surface area contributed by atoms with Gasteiger partial charge in [-0.15, -0.1) is 0 Å². The van der Waals surface area contributed by atoms with Gasteiger partial charge in [0.05, 0.1) is 23.9 Å². The van der Waals surface area contributed by atoms with E-state index in [2.05, 4.69) is 4.99 Å². The monoisotopic (exact) mass is 364 g/mol. The number of carbonyl (C=O) groups excluding carboxylic acids is 1. The largest absolute Gasteiger partial charge is 0.493 e. The SMILES string of the molecule is Cc1cc2c(cc1OCCCC(=O)O)N=C[C@@H]1Cc3ccccc3N1C2=O. The molecule has 6 nitrogen and oxygen atoms in total. The fourth-order valence-corrected chi connectivity index (χ4v) is 3.61. The van der Waals surface area contributed by atoms with Crippen LogP contribution in [0.25, 0.3) is 0 Å². The molecule has 0 radical (unpaired) electrons. The zero-order valence-electron chi connectivity index (χ0n) is 15.0. The van der Waals surface area contributed by atoms with E-state index in [0.717, 1.165) is 23.2 Å². The number of aliphatic carboxylic acids is 1. The molecule has 2 heterocycles. The van der Waals surface area contributed by atoms with Gasteiger partial charge in [-0.05, 0) is 36.6 Å². The molecule has 0 fully saturated rings. The standard InChI is InChI=1S/C21H20N2O4/c1-13-9-16-17(11-19(13)27-8-4-7-20(24)25)22-12-15-10-14-5-2-3-6-18(14)23(15)21(16)26/h2-3,5-6,9,11-12,15H,4,7-8,10H2,1H3,(H,24,25)/t15-/m0/s1. The number of rotatable bonds is 5. The highest BCUT2D eigenvalue weighted by atomic mass is 16.5. The van der Waals surface area contributed by atoms with Crippen LogP contribution in [0.2, 0.25) is 0 Å². The zero-order chi connectivity index (χ0) is 19.0. The molecule has 1 N–H and O–H groups in total. The number of carboxylic acid groups (broad SMARTS) is 1. The first-order valence-electron chi connectivity index (χ1n) is 8.99. The van der Waals surface area contributed by atoms with Crippen LogP contribution in [0.3, 0.4) is 0 Å². The van der Waals surface area contributed by atoms with Crippen LogP contribution in [0.5, 0.6) is 5.75 Å². The summed E-state index contributed by atoms with van der Waals surface area (Å²) < 4.78 is 5.72. The molecule has 1 atom stereocenters. The average Bonchev–Trinajstić information content (AvgIpc) is 2.96. The molecule has 2 aromatic rings. The summed E-state index contributed by atoms with van der Waals surface area (Å²) in [4.78, 5) is 30.2. The summed E-state index contributed by atoms with van der Waals surface area (Å²) in [5.41, 5.74) is 4.07. The highest BCUT2D eigenvalue weighted by Gasteiger charge is 2.36. The van der Waals surface area contributed by atoms with Crippen LogP contribution in [0.4, 0.5) is 11.4 Å². The van der Waals surface area contributed by atoms with Crippen molar-refractivity contribution >= 4 is 29.5 Å². The molecule has 0 saturated heterocycles. The molecule has 27 heavy (non-hydrogen) atoms. The quantitative estimate of drug-likeness (QED) is 0.823. The second-order valence-corrected chi connectivity index (χ2v) is 6.83. The van der Waals surface area contributed by atoms with Gasteiger partial charge in [-0.2, -0.15) is 0 Å². The highest BCUT2D eigenvalue weighted by Crippen LogP contribution is 2.38. The first-order valence-corrected chi connectivity index (χ1v) is 8.99. The number of fused-ring (bicyclic) bond motifs is 4. The van der Waals surface area contributed by atoms with E-state index in [1.54, 1.807) is 6.07 Å². The molecule has 2 aliphatic rings. The van der Waals surface area contributed by atoms with Gasteiger partial charge in [-0.25, -0.2) is 0 Å². The molecule has 2 aliphatic heterocycles. The summed E-state index contributed by atoms with van der Waals surface area (Å²) in [6, 6.07) is 11.4. The predicted octanol–water partition coefficient (Wildman–Crippen LogP) is 3.53. The minimum absolute atomic E-state index is 0.0574. The van der Waals surface area contributed by atoms with E-state index in [9.17, 15) is 9.59 Å². The maximum absolute atomic E-state index is 13.2. The Morgan fingerprint density at radius 1 is 1.33 bits per heavy atom. The number of anilines is 1. The third kappa shape index (κ3) is 3.18. The highest BCUT2D eigenvalue weighted by molar-refractivity contribution is 6.14. The smallest absolute Gasteiger partial charge is 0.303 e. The van der Waals surface area contributed by atoms with Crippen molar-refractivity contribution in [3.05, 3.63) is 53.1 Å². The van der Waals surface area contributed by atoms with Gasteiger partial charge in [0.2, 0.25) is 0 Å². The second-order valence-electron chi connectivity index (χ2n) is 6.83. The lowest BCUT2D eigenvalue weighted by molar-refractivity contribution is -0.137. The maximum Gasteiger partial charge on any atom is 0.303 e. The minimum atomic E-state index is -0.840. The fraction of sp³-hybridized carbons (Fsp3) is 0.286. The van der Waals surface area contributed by atoms with Crippen molar-refractivity contribution in [1.82, 2.24) is 0 Å². The van der Waals surface area contributed by atoms with Gasteiger partial charge >= 0.3 is 5.97 Å². The van der Waals surface area contributed by atoms with Crippen molar-refractivity contribution in [3.8, 4) is 5.75 Å². The summed E-state index contributed by atoms with van der Waals surface area (Å²) in [7, 11) is 0. The number of carboxylic acids is 1. The van der Waals surface area contributed by atoms with E-state index in [0.29, 0.717) is 30.0 Å². The molecule has 0 saturated carbocycles. The Bertz CT molecular complexity index is 951. The summed E-state index contributed by atoms with van der Waals surface area (Å²) in [6.07, 6.45) is 3.08. The fourth-order valence-electron chi connectivity index (χ4n) is 3.61. The Morgan fingerprint density at radius 3 is 2.96 bits per heavy atom. The van der Waals surface area contributed by atoms with E-state index in [4.69, 9.17) is 9.84 Å². The van der Waals surface area contributed by atoms with E-state index in [1.807, 2.05) is 48.4 Å². The van der Waals surface area contributed by atoms with Crippen molar-refractivity contribution in [3.63, 3.8) is 0 Å². The molecule has 138 valence electrons. The predicted molar refractivity (Wildman–Crippen MR) is 102 cm³/mol. The summed E-state index contributed by atoms with van der Waals surface area (Å²) in [5, 5.41) is 8.72. The Hall–Kier alpha value is -3.15. The number of nitrogens with zero attached hydrogens (tertiary/aromatic N) is 2. The van der Waals surface area contributed by atoms with Gasteiger partial charge in [-0.1, -0.05) is 18.2 Å². The van der Waals surface area contributed by atoms with Gasteiger partial charge in [-0.3, -0.25) is 19.5 Å². The average molecular weight is 364 g/mol. The zero-order valence-corrected chi connectivity index (χ0v) is 15.0. The first-order chi connectivity index (χ1) is 13.0. The number of amides is 1. The summed E-state index contributed by atoms with van der Waals surface area (Å²) in [6.45, 7) is 2.19. The van der Waals surface area contributed by atoms with Gasteiger partial charge in [0.1, 0.15) is 5.75 Å². The van der Waals surface area contributed by atoms with Gasteiger partial charge in [0.15, 0.2) is 0 Å². The molecule has 0 bridgehead atoms. The van der Waals surface area contributed by atoms with Gasteiger partial charge in [0, 0.05) is 30.8 Å². The number of hydrogen-bond acceptors (Lipinski definition) is 4. The summed E-state index contributed by atoms with van der Waals surface area (Å²) >= 11 is 0. The Labute approximate surface area is 157 Å². The molecule has 0 aliphatic carbocycles. The molecule has 1 amide bonds. The number of aliphatic imine (C=N–C) groups is 1. The molecule has 0 spiro atoms. The summed E-state index contributed by atoms with van der Waals surface area (Å²) in [5.74, 6) is -0.266. The molecule has 0 unspecified atom stereocenters. The third-order valence-corrected chi connectivity index (χ3v) is 4.93. The molecule has 6 heteroatoms. The van der Waals surface area contributed by atoms with E-state index in [-0.39, 0.29) is 18.4 Å². The number of carbonyl (C=O) groups is 2. The number of ether oxygens (including phenoxy) is 1. The number of hydrogen-bond donors (Lipinski definition) is 1. The Morgan fingerprint density at radius 2 is 2.15 bits per heavy atom. The third-order valence-electron chi connectivity index (χ3n) is 4.93. The van der Waals surface area contributed by atoms with Crippen LogP contribution in [-0.2, 0) is 11.2 Å². The molecule has 2 aromatic carbocycles. The lowest BCUT2D eigenvalue weighted by atomic mass is 10.1. The topological polar surface area (TPSA) is 79.2 Å². The Balaban J connectivity index is 1.62. The van der Waals surface area contributed by atoms with Crippen LogP contribution < -0.4 is 9.64 Å². The molecular formula is C21H20N2O4. The van der Waals surface area contributed by atoms with Crippen LogP contribution >= 0.6 is 0 Å². The second kappa shape index (κ2) is 6.87. The normalized spacial score (nSPS) is 17.1. The number of aryl methyl sites for hydroxylation is 1. The van der Waals surface area contributed by atoms with Crippen LogP contribution in [0, 0.1) is 6.92 Å². The van der Waals surface area contributed by atoms with Crippen LogP contribution in [-0.4, -0.2) is 35.8 Å². The Kier molecular flexibility index (Phi) is 4.39. The first kappa shape index (κ1) is 17.3. The minimum Gasteiger partial charge on any atom is -0.493 e. The van der Waals surface area contributed by atoms with E-state index < -0.39 is 5.97 Å². The van der Waals surface area contributed by atoms with E-state index >= 15 is 0 Å². The van der Waals surface area contributed by atoms with Crippen molar-refractivity contribution in [2.24, 2.45) is 4.99 Å². The van der Waals surface area contributed by atoms with Crippen LogP contribution in [0.1, 0.15) is 34.3 Å². The van der Waals surface area contributed by atoms with Crippen molar-refractivity contribution in [1.29, 1.82) is 0 Å². The maximum atomic E-state index is 13.2. The number of benzene rings is 2. The van der Waals surface area contributed by atoms with E-state index in [1.165, 1.54) is 0 Å². The lowest BCUT2D eigenvalue weighted by Gasteiger charge is -2.21. The number of para-hydroxylation sites is 1. The molecule has 4 rings (SSSR count). The van der Waals surface area contributed by atoms with Crippen LogP contribution in [0.15, 0.2) is 41.4 Å². The van der Waals surface area contributed by atoms with Gasteiger partial charge in [0.25, 0.3) is 5.91 Å². The van der Waals surface area contributed by atoms with Crippen molar-refractivity contribution in [2.45, 2.75) is 32.2 Å².